The van der Waals surface area contributed by atoms with Gasteiger partial charge in [-0.3, -0.25) is 9.59 Å². The van der Waals surface area contributed by atoms with E-state index in [2.05, 4.69) is 20.1 Å². The zero-order valence-electron chi connectivity index (χ0n) is 18.0. The Bertz CT molecular complexity index is 1080. The molecule has 2 aromatic heterocycles. The van der Waals surface area contributed by atoms with Crippen LogP contribution in [-0.4, -0.2) is 44.6 Å². The van der Waals surface area contributed by atoms with Crippen molar-refractivity contribution in [3.05, 3.63) is 54.2 Å². The van der Waals surface area contributed by atoms with Crippen molar-refractivity contribution in [1.82, 2.24) is 19.7 Å². The Morgan fingerprint density at radius 1 is 0.969 bits per heavy atom. The second-order valence-electron chi connectivity index (χ2n) is 8.51. The molecule has 166 valence electrons. The van der Waals surface area contributed by atoms with Gasteiger partial charge in [0.15, 0.2) is 11.6 Å². The van der Waals surface area contributed by atoms with E-state index >= 15 is 0 Å². The number of carbonyl (C=O) groups is 2. The number of rotatable bonds is 4. The fourth-order valence-electron chi connectivity index (χ4n) is 4.55. The molecule has 0 radical (unpaired) electrons. The van der Waals surface area contributed by atoms with Crippen LogP contribution in [0.2, 0.25) is 0 Å². The molecule has 3 aromatic rings. The van der Waals surface area contributed by atoms with Crippen LogP contribution in [0.15, 0.2) is 47.1 Å². The van der Waals surface area contributed by atoms with Gasteiger partial charge in [-0.15, -0.1) is 10.2 Å². The topological polar surface area (TPSA) is 93.3 Å². The molecule has 5 rings (SSSR count). The van der Waals surface area contributed by atoms with E-state index in [4.69, 9.17) is 4.42 Å². The Morgan fingerprint density at radius 3 is 2.53 bits per heavy atom. The van der Waals surface area contributed by atoms with Gasteiger partial charge in [-0.2, -0.15) is 0 Å². The number of fused-ring (bicyclic) bond motifs is 1. The number of aromatic nitrogens is 3. The third-order valence-corrected chi connectivity index (χ3v) is 6.41. The molecule has 0 unspecified atom stereocenters. The van der Waals surface area contributed by atoms with Crippen molar-refractivity contribution >= 4 is 17.5 Å². The molecule has 0 bridgehead atoms. The lowest BCUT2D eigenvalue weighted by molar-refractivity contribution is -0.121. The SMILES string of the molecule is O=C(Nc1ccc(-c2nnc3n2CCCCC3)cc1)C1CCN(C(=O)c2ccco2)CC1. The monoisotopic (exact) mass is 433 g/mol. The van der Waals surface area contributed by atoms with Crippen LogP contribution in [0.4, 0.5) is 5.69 Å². The Labute approximate surface area is 186 Å². The minimum atomic E-state index is -0.115. The van der Waals surface area contributed by atoms with Crippen LogP contribution >= 0.6 is 0 Å². The summed E-state index contributed by atoms with van der Waals surface area (Å²) in [5, 5.41) is 11.8. The van der Waals surface area contributed by atoms with Crippen LogP contribution in [0.5, 0.6) is 0 Å². The third kappa shape index (κ3) is 4.17. The molecule has 1 fully saturated rings. The molecule has 1 N–H and O–H groups in total. The molecule has 32 heavy (non-hydrogen) atoms. The number of hydrogen-bond donors (Lipinski definition) is 1. The Morgan fingerprint density at radius 2 is 1.78 bits per heavy atom. The van der Waals surface area contributed by atoms with E-state index in [1.807, 2.05) is 24.3 Å². The van der Waals surface area contributed by atoms with Crippen molar-refractivity contribution in [3.63, 3.8) is 0 Å². The highest BCUT2D eigenvalue weighted by atomic mass is 16.3. The molecular formula is C24H27N5O3. The Hall–Kier alpha value is -3.42. The fraction of sp³-hybridized carbons (Fsp3) is 0.417. The number of amides is 2. The average Bonchev–Trinajstić information content (AvgIpc) is 3.45. The zero-order chi connectivity index (χ0) is 21.9. The first kappa shape index (κ1) is 20.5. The number of hydrogen-bond acceptors (Lipinski definition) is 5. The zero-order valence-corrected chi connectivity index (χ0v) is 18.0. The molecule has 1 saturated heterocycles. The number of likely N-dealkylation sites (tertiary alicyclic amines) is 1. The summed E-state index contributed by atoms with van der Waals surface area (Å²) in [6.07, 6.45) is 7.30. The van der Waals surface area contributed by atoms with Gasteiger partial charge in [-0.1, -0.05) is 6.42 Å². The maximum absolute atomic E-state index is 12.8. The van der Waals surface area contributed by atoms with E-state index in [0.29, 0.717) is 31.7 Å². The summed E-state index contributed by atoms with van der Waals surface area (Å²) in [6, 6.07) is 11.2. The lowest BCUT2D eigenvalue weighted by atomic mass is 9.95. The second-order valence-corrected chi connectivity index (χ2v) is 8.51. The molecule has 2 aliphatic heterocycles. The van der Waals surface area contributed by atoms with E-state index < -0.39 is 0 Å². The van der Waals surface area contributed by atoms with E-state index in [1.54, 1.807) is 17.0 Å². The molecule has 0 spiro atoms. The van der Waals surface area contributed by atoms with Gasteiger partial charge in [0.2, 0.25) is 5.91 Å². The number of piperidine rings is 1. The van der Waals surface area contributed by atoms with Gasteiger partial charge in [0.1, 0.15) is 5.82 Å². The smallest absolute Gasteiger partial charge is 0.289 e. The van der Waals surface area contributed by atoms with Crippen LogP contribution in [0, 0.1) is 5.92 Å². The van der Waals surface area contributed by atoms with Crippen molar-refractivity contribution < 1.29 is 14.0 Å². The van der Waals surface area contributed by atoms with Crippen LogP contribution in [0.25, 0.3) is 11.4 Å². The van der Waals surface area contributed by atoms with Crippen LogP contribution in [-0.2, 0) is 17.8 Å². The van der Waals surface area contributed by atoms with E-state index in [9.17, 15) is 9.59 Å². The highest BCUT2D eigenvalue weighted by Crippen LogP contribution is 2.25. The van der Waals surface area contributed by atoms with Gasteiger partial charge in [0.05, 0.1) is 6.26 Å². The number of benzene rings is 1. The van der Waals surface area contributed by atoms with Crippen LogP contribution in [0.3, 0.4) is 0 Å². The second kappa shape index (κ2) is 8.98. The molecule has 1 aromatic carbocycles. The van der Waals surface area contributed by atoms with E-state index in [0.717, 1.165) is 42.3 Å². The molecule has 8 nitrogen and oxygen atoms in total. The van der Waals surface area contributed by atoms with Crippen LogP contribution in [0.1, 0.15) is 48.5 Å². The standard InChI is InChI=1S/C24H27N5O3/c30-23(18-11-14-28(15-12-18)24(31)20-5-4-16-32-20)25-19-9-7-17(8-10-19)22-27-26-21-6-2-1-3-13-29(21)22/h4-5,7-10,16,18H,1-3,6,11-15H2,(H,25,30). The molecule has 2 aliphatic rings. The first-order valence-corrected chi connectivity index (χ1v) is 11.4. The first-order valence-electron chi connectivity index (χ1n) is 11.4. The number of furan rings is 1. The Kier molecular flexibility index (Phi) is 5.75. The van der Waals surface area contributed by atoms with E-state index in [-0.39, 0.29) is 17.7 Å². The average molecular weight is 434 g/mol. The van der Waals surface area contributed by atoms with Gasteiger partial charge in [0.25, 0.3) is 5.91 Å². The summed E-state index contributed by atoms with van der Waals surface area (Å²) in [4.78, 5) is 26.9. The van der Waals surface area contributed by atoms with E-state index in [1.165, 1.54) is 19.1 Å². The van der Waals surface area contributed by atoms with Crippen molar-refractivity contribution in [2.45, 2.75) is 45.1 Å². The summed E-state index contributed by atoms with van der Waals surface area (Å²) in [5.41, 5.74) is 1.77. The number of nitrogens with zero attached hydrogens (tertiary/aromatic N) is 4. The first-order chi connectivity index (χ1) is 15.7. The van der Waals surface area contributed by atoms with Crippen LogP contribution < -0.4 is 5.32 Å². The molecule has 0 aliphatic carbocycles. The van der Waals surface area contributed by atoms with Crippen molar-refractivity contribution in [2.24, 2.45) is 5.92 Å². The van der Waals surface area contributed by atoms with Gasteiger partial charge in [-0.05, 0) is 62.1 Å². The number of nitrogens with one attached hydrogen (secondary N) is 1. The maximum atomic E-state index is 12.8. The molecular weight excluding hydrogens is 406 g/mol. The molecule has 0 atom stereocenters. The normalized spacial score (nSPS) is 16.9. The van der Waals surface area contributed by atoms with Crippen molar-refractivity contribution in [2.75, 3.05) is 18.4 Å². The van der Waals surface area contributed by atoms with Gasteiger partial charge in [0, 0.05) is 43.2 Å². The largest absolute Gasteiger partial charge is 0.459 e. The lowest BCUT2D eigenvalue weighted by Crippen LogP contribution is -2.41. The minimum absolute atomic E-state index is 0.000748. The number of carbonyl (C=O) groups excluding carboxylic acids is 2. The Balaban J connectivity index is 1.18. The quantitative estimate of drug-likeness (QED) is 0.676. The van der Waals surface area contributed by atoms with Gasteiger partial charge < -0.3 is 19.2 Å². The van der Waals surface area contributed by atoms with Gasteiger partial charge >= 0.3 is 0 Å². The lowest BCUT2D eigenvalue weighted by Gasteiger charge is -2.30. The summed E-state index contributed by atoms with van der Waals surface area (Å²) < 4.78 is 7.42. The summed E-state index contributed by atoms with van der Waals surface area (Å²) in [6.45, 7) is 2.06. The highest BCUT2D eigenvalue weighted by molar-refractivity contribution is 5.94. The fourth-order valence-corrected chi connectivity index (χ4v) is 4.55. The van der Waals surface area contributed by atoms with Gasteiger partial charge in [-0.25, -0.2) is 0 Å². The molecule has 2 amide bonds. The highest BCUT2D eigenvalue weighted by Gasteiger charge is 2.28. The predicted octanol–water partition coefficient (Wildman–Crippen LogP) is 3.76. The number of anilines is 1. The third-order valence-electron chi connectivity index (χ3n) is 6.41. The van der Waals surface area contributed by atoms with Crippen molar-refractivity contribution in [3.8, 4) is 11.4 Å². The van der Waals surface area contributed by atoms with Crippen molar-refractivity contribution in [1.29, 1.82) is 0 Å². The molecule has 8 heteroatoms. The summed E-state index contributed by atoms with van der Waals surface area (Å²) >= 11 is 0. The number of aryl methyl sites for hydroxylation is 1. The minimum Gasteiger partial charge on any atom is -0.459 e. The molecule has 4 heterocycles. The molecule has 0 saturated carbocycles. The summed E-state index contributed by atoms with van der Waals surface area (Å²) in [7, 11) is 0. The maximum Gasteiger partial charge on any atom is 0.289 e. The summed E-state index contributed by atoms with van der Waals surface area (Å²) in [5.74, 6) is 2.08. The predicted molar refractivity (Wildman–Crippen MR) is 119 cm³/mol.